The summed E-state index contributed by atoms with van der Waals surface area (Å²) >= 11 is 0. The average molecular weight is 289 g/mol. The fourth-order valence-electron chi connectivity index (χ4n) is 2.11. The zero-order valence-corrected chi connectivity index (χ0v) is 10.6. The van der Waals surface area contributed by atoms with E-state index < -0.39 is 12.8 Å². The summed E-state index contributed by atoms with van der Waals surface area (Å²) in [5, 5.41) is 11.5. The van der Waals surface area contributed by atoms with Crippen LogP contribution in [0.25, 0.3) is 0 Å². The van der Waals surface area contributed by atoms with Crippen molar-refractivity contribution in [2.75, 3.05) is 6.61 Å². The first kappa shape index (κ1) is 14.4. The van der Waals surface area contributed by atoms with Crippen LogP contribution >= 0.6 is 0 Å². The summed E-state index contributed by atoms with van der Waals surface area (Å²) in [7, 11) is 0. The summed E-state index contributed by atoms with van der Waals surface area (Å²) in [4.78, 5) is 4.09. The van der Waals surface area contributed by atoms with E-state index in [1.807, 2.05) is 0 Å². The van der Waals surface area contributed by atoms with Gasteiger partial charge in [0.1, 0.15) is 0 Å². The molecule has 0 saturated heterocycles. The van der Waals surface area contributed by atoms with Gasteiger partial charge in [0.25, 0.3) is 0 Å². The SMILES string of the molecule is NC(=NO)c1cc2c(nc1OCC(F)(F)F)CCCC2. The van der Waals surface area contributed by atoms with Crippen LogP contribution in [-0.2, 0) is 12.8 Å². The maximum Gasteiger partial charge on any atom is 0.422 e. The second-order valence-corrected chi connectivity index (χ2v) is 4.54. The Morgan fingerprint density at radius 2 is 2.10 bits per heavy atom. The molecule has 0 aromatic carbocycles. The molecule has 0 aliphatic heterocycles. The van der Waals surface area contributed by atoms with E-state index >= 15 is 0 Å². The van der Waals surface area contributed by atoms with Gasteiger partial charge in [-0.15, -0.1) is 0 Å². The molecule has 2 rings (SSSR count). The standard InChI is InChI=1S/C12H14F3N3O2/c13-12(14,15)6-20-11-8(10(16)18-19)5-7-3-1-2-4-9(7)17-11/h5,19H,1-4,6H2,(H2,16,18). The Hall–Kier alpha value is -1.99. The summed E-state index contributed by atoms with van der Waals surface area (Å²) in [6.07, 6.45) is -1.10. The minimum Gasteiger partial charge on any atom is -0.467 e. The number of aryl methyl sites for hydroxylation is 2. The van der Waals surface area contributed by atoms with Crippen molar-refractivity contribution in [2.45, 2.75) is 31.9 Å². The minimum atomic E-state index is -4.47. The van der Waals surface area contributed by atoms with Crippen LogP contribution in [0.4, 0.5) is 13.2 Å². The van der Waals surface area contributed by atoms with Crippen molar-refractivity contribution in [3.05, 3.63) is 22.9 Å². The van der Waals surface area contributed by atoms with Crippen molar-refractivity contribution in [1.29, 1.82) is 0 Å². The second-order valence-electron chi connectivity index (χ2n) is 4.54. The highest BCUT2D eigenvalue weighted by atomic mass is 19.4. The number of amidine groups is 1. The van der Waals surface area contributed by atoms with Gasteiger partial charge in [0.05, 0.1) is 5.56 Å². The molecule has 0 amide bonds. The number of alkyl halides is 3. The highest BCUT2D eigenvalue weighted by Gasteiger charge is 2.30. The van der Waals surface area contributed by atoms with E-state index in [1.165, 1.54) is 0 Å². The van der Waals surface area contributed by atoms with Crippen LogP contribution < -0.4 is 10.5 Å². The van der Waals surface area contributed by atoms with E-state index in [-0.39, 0.29) is 17.3 Å². The number of oxime groups is 1. The molecular formula is C12H14F3N3O2. The number of ether oxygens (including phenoxy) is 1. The van der Waals surface area contributed by atoms with Crippen LogP contribution in [0.15, 0.2) is 11.2 Å². The van der Waals surface area contributed by atoms with Crippen LogP contribution in [0, 0.1) is 0 Å². The number of halogens is 3. The topological polar surface area (TPSA) is 80.7 Å². The summed E-state index contributed by atoms with van der Waals surface area (Å²) in [6, 6.07) is 1.59. The second kappa shape index (κ2) is 5.56. The summed E-state index contributed by atoms with van der Waals surface area (Å²) < 4.78 is 41.4. The molecule has 0 saturated carbocycles. The lowest BCUT2D eigenvalue weighted by Crippen LogP contribution is -2.23. The number of rotatable bonds is 3. The van der Waals surface area contributed by atoms with E-state index in [0.29, 0.717) is 12.1 Å². The quantitative estimate of drug-likeness (QED) is 0.386. The smallest absolute Gasteiger partial charge is 0.422 e. The van der Waals surface area contributed by atoms with Gasteiger partial charge in [0, 0.05) is 5.69 Å². The Morgan fingerprint density at radius 1 is 1.40 bits per heavy atom. The molecule has 0 bridgehead atoms. The van der Waals surface area contributed by atoms with E-state index in [4.69, 9.17) is 10.9 Å². The summed E-state index contributed by atoms with van der Waals surface area (Å²) in [5.41, 5.74) is 7.16. The van der Waals surface area contributed by atoms with E-state index in [2.05, 4.69) is 14.9 Å². The first-order valence-corrected chi connectivity index (χ1v) is 6.11. The number of hydrogen-bond donors (Lipinski definition) is 2. The highest BCUT2D eigenvalue weighted by Crippen LogP contribution is 2.27. The molecular weight excluding hydrogens is 275 g/mol. The van der Waals surface area contributed by atoms with Gasteiger partial charge in [-0.25, -0.2) is 4.98 Å². The molecule has 110 valence electrons. The van der Waals surface area contributed by atoms with Gasteiger partial charge in [-0.3, -0.25) is 0 Å². The first-order chi connectivity index (χ1) is 9.40. The maximum absolute atomic E-state index is 12.2. The zero-order chi connectivity index (χ0) is 14.8. The predicted octanol–water partition coefficient (Wildman–Crippen LogP) is 2.00. The van der Waals surface area contributed by atoms with Crippen LogP contribution in [0.2, 0.25) is 0 Å². The number of aromatic nitrogens is 1. The monoisotopic (exact) mass is 289 g/mol. The van der Waals surface area contributed by atoms with Crippen molar-refractivity contribution >= 4 is 5.84 Å². The molecule has 1 heterocycles. The number of nitrogens with zero attached hydrogens (tertiary/aromatic N) is 2. The molecule has 3 N–H and O–H groups in total. The van der Waals surface area contributed by atoms with Crippen LogP contribution in [0.5, 0.6) is 5.88 Å². The Labute approximate surface area is 113 Å². The molecule has 1 aromatic rings. The van der Waals surface area contributed by atoms with Gasteiger partial charge >= 0.3 is 6.18 Å². The molecule has 8 heteroatoms. The molecule has 1 aromatic heterocycles. The number of pyridine rings is 1. The molecule has 0 atom stereocenters. The van der Waals surface area contributed by atoms with Crippen molar-refractivity contribution in [3.8, 4) is 5.88 Å². The molecule has 0 unspecified atom stereocenters. The average Bonchev–Trinajstić information content (AvgIpc) is 2.42. The van der Waals surface area contributed by atoms with Crippen molar-refractivity contribution in [2.24, 2.45) is 10.9 Å². The number of fused-ring (bicyclic) bond motifs is 1. The minimum absolute atomic E-state index is 0.0809. The number of nitrogens with two attached hydrogens (primary N) is 1. The van der Waals surface area contributed by atoms with E-state index in [9.17, 15) is 13.2 Å². The summed E-state index contributed by atoms with van der Waals surface area (Å²) in [5.74, 6) is -0.568. The molecule has 0 radical (unpaired) electrons. The van der Waals surface area contributed by atoms with Gasteiger partial charge in [0.15, 0.2) is 12.4 Å². The molecule has 0 fully saturated rings. The molecule has 1 aliphatic carbocycles. The Bertz CT molecular complexity index is 529. The molecule has 5 nitrogen and oxygen atoms in total. The third-order valence-electron chi connectivity index (χ3n) is 3.02. The van der Waals surface area contributed by atoms with Gasteiger partial charge in [-0.2, -0.15) is 13.2 Å². The van der Waals surface area contributed by atoms with Crippen LogP contribution in [0.1, 0.15) is 29.7 Å². The van der Waals surface area contributed by atoms with Crippen LogP contribution in [0.3, 0.4) is 0 Å². The molecule has 20 heavy (non-hydrogen) atoms. The number of hydrogen-bond acceptors (Lipinski definition) is 4. The van der Waals surface area contributed by atoms with Crippen molar-refractivity contribution < 1.29 is 23.1 Å². The lowest BCUT2D eigenvalue weighted by molar-refractivity contribution is -0.154. The summed E-state index contributed by atoms with van der Waals surface area (Å²) in [6.45, 7) is -1.47. The Morgan fingerprint density at radius 3 is 2.75 bits per heavy atom. The predicted molar refractivity (Wildman–Crippen MR) is 64.9 cm³/mol. The van der Waals surface area contributed by atoms with Gasteiger partial charge < -0.3 is 15.7 Å². The third kappa shape index (κ3) is 3.31. The van der Waals surface area contributed by atoms with Crippen molar-refractivity contribution in [1.82, 2.24) is 4.98 Å². The zero-order valence-electron chi connectivity index (χ0n) is 10.6. The Kier molecular flexibility index (Phi) is 4.01. The molecule has 1 aliphatic rings. The van der Waals surface area contributed by atoms with E-state index in [0.717, 1.165) is 24.8 Å². The molecule has 0 spiro atoms. The van der Waals surface area contributed by atoms with Crippen molar-refractivity contribution in [3.63, 3.8) is 0 Å². The maximum atomic E-state index is 12.2. The Balaban J connectivity index is 2.36. The lowest BCUT2D eigenvalue weighted by atomic mass is 9.95. The normalized spacial score (nSPS) is 15.8. The van der Waals surface area contributed by atoms with Crippen LogP contribution in [-0.4, -0.2) is 28.8 Å². The van der Waals surface area contributed by atoms with Gasteiger partial charge in [-0.1, -0.05) is 5.16 Å². The van der Waals surface area contributed by atoms with Gasteiger partial charge in [0.2, 0.25) is 5.88 Å². The van der Waals surface area contributed by atoms with E-state index in [1.54, 1.807) is 6.07 Å². The fourth-order valence-corrected chi connectivity index (χ4v) is 2.11. The fraction of sp³-hybridized carbons (Fsp3) is 0.500. The lowest BCUT2D eigenvalue weighted by Gasteiger charge is -2.18. The third-order valence-corrected chi connectivity index (χ3v) is 3.02. The van der Waals surface area contributed by atoms with Gasteiger partial charge in [-0.05, 0) is 37.3 Å². The largest absolute Gasteiger partial charge is 0.467 e. The first-order valence-electron chi connectivity index (χ1n) is 6.11. The highest BCUT2D eigenvalue weighted by molar-refractivity contribution is 5.99.